The summed E-state index contributed by atoms with van der Waals surface area (Å²) in [5.74, 6) is 0.159. The molecule has 1 aliphatic heterocycles. The largest absolute Gasteiger partial charge is 0.478 e. The zero-order valence-corrected chi connectivity index (χ0v) is 21.3. The van der Waals surface area contributed by atoms with Gasteiger partial charge in [0.25, 0.3) is 0 Å². The van der Waals surface area contributed by atoms with Gasteiger partial charge in [-0.15, -0.1) is 0 Å². The summed E-state index contributed by atoms with van der Waals surface area (Å²) in [7, 11) is 0. The van der Waals surface area contributed by atoms with Crippen molar-refractivity contribution in [2.75, 3.05) is 0 Å². The molecule has 0 spiro atoms. The fourth-order valence-corrected chi connectivity index (χ4v) is 5.77. The first kappa shape index (κ1) is 26.4. The van der Waals surface area contributed by atoms with Gasteiger partial charge in [-0.1, -0.05) is 50.3 Å². The number of cyclic esters (lactones) is 1. The Morgan fingerprint density at radius 3 is 2.69 bits per heavy atom. The van der Waals surface area contributed by atoms with Crippen molar-refractivity contribution in [1.82, 2.24) is 0 Å². The quantitative estimate of drug-likeness (QED) is 0.522. The van der Waals surface area contributed by atoms with E-state index in [9.17, 15) is 19.8 Å². The second-order valence-corrected chi connectivity index (χ2v) is 10.4. The number of esters is 2. The summed E-state index contributed by atoms with van der Waals surface area (Å²) in [5, 5.41) is 20.5. The van der Waals surface area contributed by atoms with Gasteiger partial charge in [0.1, 0.15) is 18.0 Å². The molecule has 0 aromatic heterocycles. The van der Waals surface area contributed by atoms with Crippen LogP contribution < -0.4 is 4.74 Å². The molecule has 2 N–H and O–H groups in total. The minimum atomic E-state index is -0.740. The number of hydrogen-bond donors (Lipinski definition) is 2. The van der Waals surface area contributed by atoms with E-state index in [1.807, 2.05) is 50.3 Å². The van der Waals surface area contributed by atoms with Crippen molar-refractivity contribution < 1.29 is 34.0 Å². The van der Waals surface area contributed by atoms with Gasteiger partial charge in [0.05, 0.1) is 18.6 Å². The van der Waals surface area contributed by atoms with Gasteiger partial charge < -0.3 is 24.4 Å². The van der Waals surface area contributed by atoms with Crippen LogP contribution in [0.25, 0.3) is 0 Å². The molecule has 196 valence electrons. The summed E-state index contributed by atoms with van der Waals surface area (Å²) in [4.78, 5) is 25.0. The summed E-state index contributed by atoms with van der Waals surface area (Å²) in [6.07, 6.45) is 5.79. The second kappa shape index (κ2) is 11.6. The van der Waals surface area contributed by atoms with E-state index in [4.69, 9.17) is 14.2 Å². The van der Waals surface area contributed by atoms with Crippen molar-refractivity contribution in [3.63, 3.8) is 0 Å². The highest BCUT2D eigenvalue weighted by Gasteiger charge is 2.43. The van der Waals surface area contributed by atoms with E-state index in [0.29, 0.717) is 31.4 Å². The van der Waals surface area contributed by atoms with E-state index in [0.717, 1.165) is 17.6 Å². The maximum Gasteiger partial charge on any atom is 0.347 e. The third-order valence-electron chi connectivity index (χ3n) is 7.69. The van der Waals surface area contributed by atoms with E-state index < -0.39 is 30.4 Å². The van der Waals surface area contributed by atoms with Gasteiger partial charge >= 0.3 is 11.9 Å². The Balaban J connectivity index is 1.48. The molecule has 0 bridgehead atoms. The van der Waals surface area contributed by atoms with Crippen molar-refractivity contribution in [3.05, 3.63) is 53.6 Å². The number of aryl methyl sites for hydroxylation is 1. The molecule has 1 aromatic carbocycles. The molecule has 7 heteroatoms. The average molecular weight is 499 g/mol. The van der Waals surface area contributed by atoms with Crippen LogP contribution in [-0.2, 0) is 19.1 Å². The summed E-state index contributed by atoms with van der Waals surface area (Å²) < 4.78 is 17.6. The molecule has 0 radical (unpaired) electrons. The molecule has 1 saturated heterocycles. The van der Waals surface area contributed by atoms with Crippen molar-refractivity contribution in [1.29, 1.82) is 0 Å². The number of aliphatic hydroxyl groups excluding tert-OH is 2. The molecular formula is C29H38O7. The van der Waals surface area contributed by atoms with Crippen LogP contribution in [0.5, 0.6) is 5.75 Å². The van der Waals surface area contributed by atoms with Crippen LogP contribution in [-0.4, -0.2) is 52.7 Å². The number of para-hydroxylation sites is 1. The third-order valence-corrected chi connectivity index (χ3v) is 7.69. The number of hydrogen-bond acceptors (Lipinski definition) is 7. The SMILES string of the molecule is CCC(Oc1ccccc1C)C(=O)O[C@H]1C[C@H](O)C=C2C=C[C@H](C)[C@H](CC[C@@H]3C[C@@H](O)CC(=O)O3)[C@H]21. The Bertz CT molecular complexity index is 999. The predicted molar refractivity (Wildman–Crippen MR) is 134 cm³/mol. The smallest absolute Gasteiger partial charge is 0.347 e. The minimum absolute atomic E-state index is 0.0493. The highest BCUT2D eigenvalue weighted by molar-refractivity contribution is 5.75. The predicted octanol–water partition coefficient (Wildman–Crippen LogP) is 4.04. The number of benzene rings is 1. The van der Waals surface area contributed by atoms with Crippen LogP contribution in [0, 0.1) is 24.7 Å². The molecule has 36 heavy (non-hydrogen) atoms. The average Bonchev–Trinajstić information content (AvgIpc) is 2.82. The number of fused-ring (bicyclic) bond motifs is 1. The first-order valence-electron chi connectivity index (χ1n) is 13.1. The molecule has 1 aromatic rings. The van der Waals surface area contributed by atoms with Crippen LogP contribution >= 0.6 is 0 Å². The zero-order chi connectivity index (χ0) is 25.8. The molecule has 3 aliphatic rings. The normalized spacial score (nSPS) is 32.6. The van der Waals surface area contributed by atoms with Gasteiger partial charge in [0, 0.05) is 18.8 Å². The van der Waals surface area contributed by atoms with Crippen LogP contribution in [0.3, 0.4) is 0 Å². The first-order chi connectivity index (χ1) is 17.2. The van der Waals surface area contributed by atoms with Crippen molar-refractivity contribution in [3.8, 4) is 5.75 Å². The van der Waals surface area contributed by atoms with Crippen LogP contribution in [0.1, 0.15) is 57.9 Å². The molecule has 1 heterocycles. The monoisotopic (exact) mass is 498 g/mol. The van der Waals surface area contributed by atoms with Crippen molar-refractivity contribution >= 4 is 11.9 Å². The topological polar surface area (TPSA) is 102 Å². The summed E-state index contributed by atoms with van der Waals surface area (Å²) >= 11 is 0. The first-order valence-corrected chi connectivity index (χ1v) is 13.1. The number of aliphatic hydroxyl groups is 2. The van der Waals surface area contributed by atoms with Crippen LogP contribution in [0.2, 0.25) is 0 Å². The fraction of sp³-hybridized carbons (Fsp3) is 0.586. The van der Waals surface area contributed by atoms with Gasteiger partial charge in [-0.25, -0.2) is 4.79 Å². The van der Waals surface area contributed by atoms with Gasteiger partial charge in [0.2, 0.25) is 0 Å². The van der Waals surface area contributed by atoms with Gasteiger partial charge in [-0.3, -0.25) is 4.79 Å². The number of carbonyl (C=O) groups excluding carboxylic acids is 2. The third kappa shape index (κ3) is 6.19. The number of carbonyl (C=O) groups is 2. The van der Waals surface area contributed by atoms with Gasteiger partial charge in [-0.2, -0.15) is 0 Å². The molecule has 4 rings (SSSR count). The molecule has 8 atom stereocenters. The Hall–Kier alpha value is -2.64. The molecule has 0 saturated carbocycles. The van der Waals surface area contributed by atoms with Crippen LogP contribution in [0.15, 0.2) is 48.1 Å². The van der Waals surface area contributed by atoms with E-state index in [1.54, 1.807) is 0 Å². The number of allylic oxidation sites excluding steroid dienone is 2. The summed E-state index contributed by atoms with van der Waals surface area (Å²) in [6.45, 7) is 5.96. The lowest BCUT2D eigenvalue weighted by atomic mass is 9.66. The molecule has 2 aliphatic carbocycles. The van der Waals surface area contributed by atoms with Crippen LogP contribution in [0.4, 0.5) is 0 Å². The van der Waals surface area contributed by atoms with E-state index in [1.165, 1.54) is 0 Å². The molecule has 0 amide bonds. The minimum Gasteiger partial charge on any atom is -0.478 e. The Morgan fingerprint density at radius 2 is 1.97 bits per heavy atom. The Morgan fingerprint density at radius 1 is 1.19 bits per heavy atom. The van der Waals surface area contributed by atoms with Crippen molar-refractivity contribution in [2.45, 2.75) is 89.8 Å². The van der Waals surface area contributed by atoms with Gasteiger partial charge in [-0.05, 0) is 55.2 Å². The maximum atomic E-state index is 13.3. The lowest BCUT2D eigenvalue weighted by Crippen LogP contribution is -2.44. The molecule has 1 unspecified atom stereocenters. The van der Waals surface area contributed by atoms with E-state index in [2.05, 4.69) is 13.0 Å². The Labute approximate surface area is 213 Å². The fourth-order valence-electron chi connectivity index (χ4n) is 5.77. The Kier molecular flexibility index (Phi) is 8.52. The lowest BCUT2D eigenvalue weighted by Gasteiger charge is -2.43. The number of rotatable bonds is 8. The molecular weight excluding hydrogens is 460 g/mol. The highest BCUT2D eigenvalue weighted by Crippen LogP contribution is 2.44. The van der Waals surface area contributed by atoms with Gasteiger partial charge in [0.15, 0.2) is 6.10 Å². The lowest BCUT2D eigenvalue weighted by molar-refractivity contribution is -0.165. The number of ether oxygens (including phenoxy) is 3. The molecule has 7 nitrogen and oxygen atoms in total. The van der Waals surface area contributed by atoms with E-state index >= 15 is 0 Å². The zero-order valence-electron chi connectivity index (χ0n) is 21.3. The standard InChI is InChI=1S/C29H38O7/c1-4-24(35-25-8-6-5-7-18(25)3)29(33)36-26-15-20(30)13-19-10-9-17(2)23(28(19)26)12-11-22-14-21(31)16-27(32)34-22/h5-10,13,17,20-24,26,28,30-31H,4,11-12,14-16H2,1-3H3/t17-,20+,21+,22+,23-,24?,26-,28-/m0/s1. The van der Waals surface area contributed by atoms with E-state index in [-0.39, 0.29) is 36.2 Å². The highest BCUT2D eigenvalue weighted by atomic mass is 16.6. The maximum absolute atomic E-state index is 13.3. The molecule has 1 fully saturated rings. The van der Waals surface area contributed by atoms with Crippen molar-refractivity contribution in [2.24, 2.45) is 17.8 Å². The summed E-state index contributed by atoms with van der Waals surface area (Å²) in [5.41, 5.74) is 1.92. The second-order valence-electron chi connectivity index (χ2n) is 10.4. The summed E-state index contributed by atoms with van der Waals surface area (Å²) in [6, 6.07) is 7.57.